The number of amides is 2. The van der Waals surface area contributed by atoms with Gasteiger partial charge in [-0.3, -0.25) is 9.59 Å². The average Bonchev–Trinajstić information content (AvgIpc) is 2.71. The summed E-state index contributed by atoms with van der Waals surface area (Å²) in [5.41, 5.74) is 0.488. The van der Waals surface area contributed by atoms with Crippen LogP contribution in [-0.2, 0) is 14.8 Å². The summed E-state index contributed by atoms with van der Waals surface area (Å²) < 4.78 is 31.5. The summed E-state index contributed by atoms with van der Waals surface area (Å²) in [4.78, 5) is 23.9. The Hall–Kier alpha value is -2.91. The first-order valence-corrected chi connectivity index (χ1v) is 10.1. The van der Waals surface area contributed by atoms with Gasteiger partial charge in [-0.05, 0) is 36.4 Å². The van der Waals surface area contributed by atoms with E-state index in [1.54, 1.807) is 49.6 Å². The predicted molar refractivity (Wildman–Crippen MR) is 105 cm³/mol. The number of methoxy groups -OCH3 is 1. The Morgan fingerprint density at radius 2 is 1.54 bits per heavy atom. The molecule has 2 amide bonds. The van der Waals surface area contributed by atoms with Gasteiger partial charge in [0.15, 0.2) is 0 Å². The maximum atomic E-state index is 12.0. The summed E-state index contributed by atoms with van der Waals surface area (Å²) in [6.07, 6.45) is -0.00150. The van der Waals surface area contributed by atoms with E-state index in [2.05, 4.69) is 15.4 Å². The van der Waals surface area contributed by atoms with Crippen LogP contribution in [-0.4, -0.2) is 47.0 Å². The van der Waals surface area contributed by atoms with Crippen LogP contribution in [0.5, 0.6) is 5.75 Å². The first-order chi connectivity index (χ1) is 13.4. The van der Waals surface area contributed by atoms with Crippen molar-refractivity contribution in [2.45, 2.75) is 11.3 Å². The number of carbonyl (C=O) groups is 2. The lowest BCUT2D eigenvalue weighted by Crippen LogP contribution is -2.36. The molecular weight excluding hydrogens is 382 g/mol. The van der Waals surface area contributed by atoms with E-state index in [-0.39, 0.29) is 42.8 Å². The van der Waals surface area contributed by atoms with E-state index in [0.29, 0.717) is 11.3 Å². The second-order valence-corrected chi connectivity index (χ2v) is 7.56. The van der Waals surface area contributed by atoms with E-state index < -0.39 is 10.0 Å². The van der Waals surface area contributed by atoms with E-state index in [9.17, 15) is 18.0 Å². The molecule has 0 aliphatic carbocycles. The van der Waals surface area contributed by atoms with Gasteiger partial charge in [0.25, 0.3) is 5.91 Å². The van der Waals surface area contributed by atoms with Crippen molar-refractivity contribution in [2.75, 3.05) is 26.7 Å². The van der Waals surface area contributed by atoms with Crippen molar-refractivity contribution in [3.05, 3.63) is 60.2 Å². The minimum atomic E-state index is -3.62. The number of carbonyl (C=O) groups excluding carboxylic acids is 2. The largest absolute Gasteiger partial charge is 0.497 e. The van der Waals surface area contributed by atoms with Crippen molar-refractivity contribution in [3.63, 3.8) is 0 Å². The first-order valence-electron chi connectivity index (χ1n) is 8.66. The Balaban J connectivity index is 1.64. The normalized spacial score (nSPS) is 10.9. The second kappa shape index (κ2) is 10.4. The lowest BCUT2D eigenvalue weighted by atomic mass is 10.2. The third-order valence-corrected chi connectivity index (χ3v) is 5.26. The smallest absolute Gasteiger partial charge is 0.251 e. The van der Waals surface area contributed by atoms with Gasteiger partial charge < -0.3 is 15.4 Å². The van der Waals surface area contributed by atoms with E-state index in [1.165, 1.54) is 12.1 Å². The zero-order chi connectivity index (χ0) is 20.4. The number of sulfonamides is 1. The van der Waals surface area contributed by atoms with Crippen LogP contribution in [0.2, 0.25) is 0 Å². The summed E-state index contributed by atoms with van der Waals surface area (Å²) in [6.45, 7) is 0.486. The van der Waals surface area contributed by atoms with Crippen molar-refractivity contribution >= 4 is 21.8 Å². The van der Waals surface area contributed by atoms with Gasteiger partial charge in [0.2, 0.25) is 15.9 Å². The number of hydrogen-bond donors (Lipinski definition) is 3. The van der Waals surface area contributed by atoms with Gasteiger partial charge in [-0.15, -0.1) is 0 Å². The molecule has 0 aromatic heterocycles. The monoisotopic (exact) mass is 405 g/mol. The molecule has 8 nitrogen and oxygen atoms in total. The first kappa shape index (κ1) is 21.4. The van der Waals surface area contributed by atoms with Gasteiger partial charge >= 0.3 is 0 Å². The van der Waals surface area contributed by atoms with Crippen LogP contribution < -0.4 is 20.1 Å². The fourth-order valence-corrected chi connectivity index (χ4v) is 3.35. The number of ether oxygens (including phenoxy) is 1. The maximum Gasteiger partial charge on any atom is 0.251 e. The summed E-state index contributed by atoms with van der Waals surface area (Å²) in [5.74, 6) is 0.0914. The summed E-state index contributed by atoms with van der Waals surface area (Å²) >= 11 is 0. The van der Waals surface area contributed by atoms with E-state index in [4.69, 9.17) is 4.74 Å². The molecule has 0 fully saturated rings. The van der Waals surface area contributed by atoms with Crippen molar-refractivity contribution in [1.82, 2.24) is 15.4 Å². The Morgan fingerprint density at radius 1 is 0.893 bits per heavy atom. The predicted octanol–water partition coefficient (Wildman–Crippen LogP) is 0.910. The minimum Gasteiger partial charge on any atom is -0.497 e. The van der Waals surface area contributed by atoms with Gasteiger partial charge in [-0.1, -0.05) is 18.2 Å². The van der Waals surface area contributed by atoms with Gasteiger partial charge in [0.1, 0.15) is 5.75 Å². The van der Waals surface area contributed by atoms with E-state index in [0.717, 1.165) is 0 Å². The SMILES string of the molecule is COc1ccc(C(=O)NCCNC(=O)CCNS(=O)(=O)c2ccccc2)cc1. The van der Waals surface area contributed by atoms with Crippen LogP contribution in [0.25, 0.3) is 0 Å². The second-order valence-electron chi connectivity index (χ2n) is 5.80. The molecule has 2 aromatic carbocycles. The molecule has 0 unspecified atom stereocenters. The number of benzene rings is 2. The molecule has 0 saturated heterocycles. The summed E-state index contributed by atoms with van der Waals surface area (Å²) in [6, 6.07) is 14.6. The summed E-state index contributed by atoms with van der Waals surface area (Å²) in [7, 11) is -2.08. The molecule has 0 radical (unpaired) electrons. The van der Waals surface area contributed by atoms with Gasteiger partial charge in [0, 0.05) is 31.6 Å². The van der Waals surface area contributed by atoms with Crippen molar-refractivity contribution in [2.24, 2.45) is 0 Å². The quantitative estimate of drug-likeness (QED) is 0.509. The minimum absolute atomic E-state index is 0.00150. The molecule has 0 saturated carbocycles. The molecule has 0 spiro atoms. The van der Waals surface area contributed by atoms with Crippen molar-refractivity contribution in [3.8, 4) is 5.75 Å². The zero-order valence-corrected chi connectivity index (χ0v) is 16.3. The molecule has 28 heavy (non-hydrogen) atoms. The van der Waals surface area contributed by atoms with Gasteiger partial charge in [0.05, 0.1) is 12.0 Å². The standard InChI is InChI=1S/C19H23N3O5S/c1-27-16-9-7-15(8-10-16)19(24)21-14-13-20-18(23)11-12-22-28(25,26)17-5-3-2-4-6-17/h2-10,22H,11-14H2,1H3,(H,20,23)(H,21,24). The van der Waals surface area contributed by atoms with Crippen LogP contribution in [0, 0.1) is 0 Å². The number of nitrogens with one attached hydrogen (secondary N) is 3. The Labute approximate surface area is 164 Å². The lowest BCUT2D eigenvalue weighted by molar-refractivity contribution is -0.120. The number of rotatable bonds is 10. The molecule has 3 N–H and O–H groups in total. The number of hydrogen-bond acceptors (Lipinski definition) is 5. The van der Waals surface area contributed by atoms with Crippen LogP contribution in [0.3, 0.4) is 0 Å². The average molecular weight is 405 g/mol. The Morgan fingerprint density at radius 3 is 2.18 bits per heavy atom. The highest BCUT2D eigenvalue weighted by atomic mass is 32.2. The van der Waals surface area contributed by atoms with Crippen LogP contribution >= 0.6 is 0 Å². The molecule has 0 heterocycles. The highest BCUT2D eigenvalue weighted by Crippen LogP contribution is 2.11. The molecule has 2 rings (SSSR count). The molecule has 0 atom stereocenters. The zero-order valence-electron chi connectivity index (χ0n) is 15.5. The van der Waals surface area contributed by atoms with E-state index in [1.807, 2.05) is 0 Å². The van der Waals surface area contributed by atoms with Crippen LogP contribution in [0.4, 0.5) is 0 Å². The molecular formula is C19H23N3O5S. The Kier molecular flexibility index (Phi) is 7.97. The maximum absolute atomic E-state index is 12.0. The fraction of sp³-hybridized carbons (Fsp3) is 0.263. The third-order valence-electron chi connectivity index (χ3n) is 3.78. The van der Waals surface area contributed by atoms with Crippen molar-refractivity contribution in [1.29, 1.82) is 0 Å². The lowest BCUT2D eigenvalue weighted by Gasteiger charge is -2.09. The van der Waals surface area contributed by atoms with Gasteiger partial charge in [-0.25, -0.2) is 13.1 Å². The summed E-state index contributed by atoms with van der Waals surface area (Å²) in [5, 5.41) is 5.31. The molecule has 150 valence electrons. The highest BCUT2D eigenvalue weighted by molar-refractivity contribution is 7.89. The molecule has 2 aromatic rings. The topological polar surface area (TPSA) is 114 Å². The van der Waals surface area contributed by atoms with E-state index >= 15 is 0 Å². The van der Waals surface area contributed by atoms with Crippen LogP contribution in [0.1, 0.15) is 16.8 Å². The van der Waals surface area contributed by atoms with Crippen molar-refractivity contribution < 1.29 is 22.7 Å². The molecule has 9 heteroatoms. The van der Waals surface area contributed by atoms with Crippen LogP contribution in [0.15, 0.2) is 59.5 Å². The molecule has 0 aliphatic heterocycles. The molecule has 0 aliphatic rings. The molecule has 0 bridgehead atoms. The van der Waals surface area contributed by atoms with Gasteiger partial charge in [-0.2, -0.15) is 0 Å². The highest BCUT2D eigenvalue weighted by Gasteiger charge is 2.13. The fourth-order valence-electron chi connectivity index (χ4n) is 2.29. The third kappa shape index (κ3) is 6.67. The Bertz CT molecular complexity index is 884.